The summed E-state index contributed by atoms with van der Waals surface area (Å²) in [7, 11) is 0. The Kier molecular flexibility index (Phi) is 2.19. The van der Waals surface area contributed by atoms with Gasteiger partial charge in [-0.3, -0.25) is 14.5 Å². The molecule has 3 rings (SSSR count). The first kappa shape index (κ1) is 9.45. The second-order valence-electron chi connectivity index (χ2n) is 4.02. The maximum absolute atomic E-state index is 11.0. The molecule has 14 heavy (non-hydrogen) atoms. The van der Waals surface area contributed by atoms with Crippen molar-refractivity contribution >= 4 is 11.9 Å². The number of piperidine rings is 3. The number of hydrogen-bond acceptors (Lipinski definition) is 3. The van der Waals surface area contributed by atoms with Crippen LogP contribution in [0, 0.1) is 11.8 Å². The van der Waals surface area contributed by atoms with Crippen molar-refractivity contribution in [1.82, 2.24) is 4.90 Å². The number of carbonyl (C=O) groups is 2. The highest BCUT2D eigenvalue weighted by Crippen LogP contribution is 2.37. The second-order valence-corrected chi connectivity index (χ2v) is 4.02. The number of rotatable bonds is 2. The quantitative estimate of drug-likeness (QED) is 0.647. The standard InChI is InChI=1S/C9H13NO4/c11-8(12)6-5-1-3-10(4-2-5)7(6)9(13)14/h5-7H,1-4H2,(H,11,12)(H,13,14). The van der Waals surface area contributed by atoms with Crippen LogP contribution >= 0.6 is 0 Å². The van der Waals surface area contributed by atoms with Crippen molar-refractivity contribution in [2.45, 2.75) is 18.9 Å². The van der Waals surface area contributed by atoms with Crippen molar-refractivity contribution in [3.8, 4) is 0 Å². The molecule has 3 aliphatic rings. The fourth-order valence-corrected chi connectivity index (χ4v) is 2.69. The zero-order valence-corrected chi connectivity index (χ0v) is 7.72. The lowest BCUT2D eigenvalue weighted by molar-refractivity contribution is -0.166. The minimum atomic E-state index is -0.998. The topological polar surface area (TPSA) is 77.8 Å². The summed E-state index contributed by atoms with van der Waals surface area (Å²) < 4.78 is 0. The predicted octanol–water partition coefficient (Wildman–Crippen LogP) is -0.134. The summed E-state index contributed by atoms with van der Waals surface area (Å²) in [6.45, 7) is 1.46. The fourth-order valence-electron chi connectivity index (χ4n) is 2.69. The van der Waals surface area contributed by atoms with Gasteiger partial charge in [-0.15, -0.1) is 0 Å². The zero-order valence-electron chi connectivity index (χ0n) is 7.72. The largest absolute Gasteiger partial charge is 0.481 e. The first-order chi connectivity index (χ1) is 6.61. The van der Waals surface area contributed by atoms with Gasteiger partial charge in [-0.25, -0.2) is 0 Å². The predicted molar refractivity (Wildman–Crippen MR) is 46.8 cm³/mol. The van der Waals surface area contributed by atoms with E-state index >= 15 is 0 Å². The zero-order chi connectivity index (χ0) is 10.3. The van der Waals surface area contributed by atoms with E-state index in [4.69, 9.17) is 10.2 Å². The highest BCUT2D eigenvalue weighted by atomic mass is 16.4. The molecule has 78 valence electrons. The van der Waals surface area contributed by atoms with Gasteiger partial charge in [-0.05, 0) is 31.8 Å². The normalized spacial score (nSPS) is 40.9. The third-order valence-electron chi connectivity index (χ3n) is 3.35. The number of hydrogen-bond donors (Lipinski definition) is 2. The lowest BCUT2D eigenvalue weighted by Gasteiger charge is -2.47. The first-order valence-corrected chi connectivity index (χ1v) is 4.81. The van der Waals surface area contributed by atoms with Crippen LogP contribution < -0.4 is 0 Å². The lowest BCUT2D eigenvalue weighted by Crippen LogP contribution is -2.60. The summed E-state index contributed by atoms with van der Waals surface area (Å²) >= 11 is 0. The maximum atomic E-state index is 11.0. The van der Waals surface area contributed by atoms with Crippen LogP contribution in [0.25, 0.3) is 0 Å². The molecule has 3 heterocycles. The summed E-state index contributed by atoms with van der Waals surface area (Å²) in [5.74, 6) is -2.62. The molecule has 3 aliphatic heterocycles. The minimum Gasteiger partial charge on any atom is -0.481 e. The Hall–Kier alpha value is -1.10. The molecule has 0 aromatic heterocycles. The van der Waals surface area contributed by atoms with Gasteiger partial charge in [-0.1, -0.05) is 0 Å². The van der Waals surface area contributed by atoms with Gasteiger partial charge in [0, 0.05) is 0 Å². The average Bonchev–Trinajstić information content (AvgIpc) is 2.17. The Bertz CT molecular complexity index is 242. The van der Waals surface area contributed by atoms with Crippen molar-refractivity contribution < 1.29 is 19.8 Å². The average molecular weight is 199 g/mol. The monoisotopic (exact) mass is 199 g/mol. The molecule has 0 aromatic carbocycles. The van der Waals surface area contributed by atoms with E-state index in [1.165, 1.54) is 0 Å². The first-order valence-electron chi connectivity index (χ1n) is 4.81. The van der Waals surface area contributed by atoms with Crippen LogP contribution in [0.2, 0.25) is 0 Å². The summed E-state index contributed by atoms with van der Waals surface area (Å²) in [6.07, 6.45) is 1.64. The van der Waals surface area contributed by atoms with Gasteiger partial charge in [0.1, 0.15) is 6.04 Å². The molecule has 5 heteroatoms. The van der Waals surface area contributed by atoms with E-state index in [1.54, 1.807) is 4.90 Å². The van der Waals surface area contributed by atoms with E-state index in [0.717, 1.165) is 25.9 Å². The molecule has 2 atom stereocenters. The van der Waals surface area contributed by atoms with Crippen LogP contribution in [0.1, 0.15) is 12.8 Å². The molecule has 2 unspecified atom stereocenters. The minimum absolute atomic E-state index is 0.0543. The Morgan fingerprint density at radius 1 is 1.07 bits per heavy atom. The van der Waals surface area contributed by atoms with Crippen LogP contribution in [0.3, 0.4) is 0 Å². The molecule has 0 amide bonds. The molecule has 0 aromatic rings. The molecule has 0 radical (unpaired) electrons. The van der Waals surface area contributed by atoms with E-state index in [9.17, 15) is 9.59 Å². The molecule has 0 aliphatic carbocycles. The number of aliphatic carboxylic acids is 2. The van der Waals surface area contributed by atoms with Gasteiger partial charge >= 0.3 is 11.9 Å². The van der Waals surface area contributed by atoms with Crippen LogP contribution in [-0.4, -0.2) is 46.2 Å². The lowest BCUT2D eigenvalue weighted by atomic mass is 9.74. The van der Waals surface area contributed by atoms with Crippen LogP contribution in [0.15, 0.2) is 0 Å². The Labute approximate surface area is 81.3 Å². The summed E-state index contributed by atoms with van der Waals surface area (Å²) in [5.41, 5.74) is 0. The third-order valence-corrected chi connectivity index (χ3v) is 3.35. The molecule has 2 bridgehead atoms. The number of carboxylic acids is 2. The Morgan fingerprint density at radius 3 is 2.00 bits per heavy atom. The van der Waals surface area contributed by atoms with Crippen LogP contribution in [0.4, 0.5) is 0 Å². The second kappa shape index (κ2) is 3.24. The Morgan fingerprint density at radius 2 is 1.64 bits per heavy atom. The van der Waals surface area contributed by atoms with Crippen molar-refractivity contribution in [3.63, 3.8) is 0 Å². The van der Waals surface area contributed by atoms with E-state index in [0.29, 0.717) is 0 Å². The van der Waals surface area contributed by atoms with Crippen LogP contribution in [0.5, 0.6) is 0 Å². The maximum Gasteiger partial charge on any atom is 0.321 e. The highest BCUT2D eigenvalue weighted by Gasteiger charge is 2.49. The van der Waals surface area contributed by atoms with Gasteiger partial charge in [0.15, 0.2) is 0 Å². The van der Waals surface area contributed by atoms with Crippen molar-refractivity contribution in [2.24, 2.45) is 11.8 Å². The molecule has 2 N–H and O–H groups in total. The van der Waals surface area contributed by atoms with Gasteiger partial charge in [0.25, 0.3) is 0 Å². The molecular weight excluding hydrogens is 186 g/mol. The summed E-state index contributed by atoms with van der Waals surface area (Å²) in [6, 6.07) is -0.806. The van der Waals surface area contributed by atoms with Crippen LogP contribution in [-0.2, 0) is 9.59 Å². The summed E-state index contributed by atoms with van der Waals surface area (Å²) in [5, 5.41) is 18.0. The molecule has 0 saturated carbocycles. The SMILES string of the molecule is O=C(O)C1C2CCN(CC2)C1C(=O)O. The number of carboxylic acid groups (broad SMARTS) is 2. The van der Waals surface area contributed by atoms with Crippen molar-refractivity contribution in [2.75, 3.05) is 13.1 Å². The molecule has 5 nitrogen and oxygen atoms in total. The van der Waals surface area contributed by atoms with E-state index in [1.807, 2.05) is 0 Å². The van der Waals surface area contributed by atoms with Gasteiger partial charge in [-0.2, -0.15) is 0 Å². The van der Waals surface area contributed by atoms with Gasteiger partial charge < -0.3 is 10.2 Å². The smallest absolute Gasteiger partial charge is 0.321 e. The van der Waals surface area contributed by atoms with E-state index < -0.39 is 23.9 Å². The number of fused-ring (bicyclic) bond motifs is 3. The molecule has 0 spiro atoms. The highest BCUT2D eigenvalue weighted by molar-refractivity contribution is 5.83. The Balaban J connectivity index is 2.27. The van der Waals surface area contributed by atoms with E-state index in [-0.39, 0.29) is 5.92 Å². The molecule has 3 saturated heterocycles. The van der Waals surface area contributed by atoms with Gasteiger partial charge in [0.2, 0.25) is 0 Å². The number of nitrogens with zero attached hydrogens (tertiary/aromatic N) is 1. The molecular formula is C9H13NO4. The fraction of sp³-hybridized carbons (Fsp3) is 0.778. The van der Waals surface area contributed by atoms with Gasteiger partial charge in [0.05, 0.1) is 5.92 Å². The van der Waals surface area contributed by atoms with Crippen molar-refractivity contribution in [3.05, 3.63) is 0 Å². The van der Waals surface area contributed by atoms with E-state index in [2.05, 4.69) is 0 Å². The van der Waals surface area contributed by atoms with Crippen molar-refractivity contribution in [1.29, 1.82) is 0 Å². The third kappa shape index (κ3) is 1.28. The molecule has 3 fully saturated rings. The summed E-state index contributed by atoms with van der Waals surface area (Å²) in [4.78, 5) is 23.7.